The number of hydrogen-bond donors (Lipinski definition) is 1. The summed E-state index contributed by atoms with van der Waals surface area (Å²) in [5.74, 6) is 2.20. The Labute approximate surface area is 103 Å². The second kappa shape index (κ2) is 5.74. The highest BCUT2D eigenvalue weighted by atomic mass is 32.2. The zero-order valence-corrected chi connectivity index (χ0v) is 11.0. The zero-order valence-electron chi connectivity index (χ0n) is 10.2. The minimum absolute atomic E-state index is 0.679. The van der Waals surface area contributed by atoms with E-state index in [9.17, 15) is 0 Å². The summed E-state index contributed by atoms with van der Waals surface area (Å²) in [6.45, 7) is 2.16. The van der Waals surface area contributed by atoms with Crippen molar-refractivity contribution in [1.82, 2.24) is 5.32 Å². The van der Waals surface area contributed by atoms with E-state index in [-0.39, 0.29) is 0 Å². The molecule has 1 saturated carbocycles. The monoisotopic (exact) mass is 235 g/mol. The SMILES string of the molecule is CNC(CSc1cccc(C)c1)CC1CC1. The van der Waals surface area contributed by atoms with Crippen LogP contribution in [-0.4, -0.2) is 18.8 Å². The van der Waals surface area contributed by atoms with Crippen LogP contribution in [0.1, 0.15) is 24.8 Å². The van der Waals surface area contributed by atoms with Gasteiger partial charge in [-0.25, -0.2) is 0 Å². The first-order valence-electron chi connectivity index (χ1n) is 6.14. The average molecular weight is 235 g/mol. The molecule has 2 rings (SSSR count). The lowest BCUT2D eigenvalue weighted by Gasteiger charge is -2.15. The Morgan fingerprint density at radius 1 is 1.44 bits per heavy atom. The fraction of sp³-hybridized carbons (Fsp3) is 0.571. The third-order valence-electron chi connectivity index (χ3n) is 3.16. The van der Waals surface area contributed by atoms with E-state index in [1.807, 2.05) is 11.8 Å². The van der Waals surface area contributed by atoms with Gasteiger partial charge >= 0.3 is 0 Å². The molecule has 0 spiro atoms. The molecule has 1 aliphatic rings. The van der Waals surface area contributed by atoms with E-state index < -0.39 is 0 Å². The van der Waals surface area contributed by atoms with Gasteiger partial charge in [-0.15, -0.1) is 11.8 Å². The molecule has 1 unspecified atom stereocenters. The van der Waals surface area contributed by atoms with Gasteiger partial charge < -0.3 is 5.32 Å². The van der Waals surface area contributed by atoms with E-state index in [4.69, 9.17) is 0 Å². The molecule has 0 aliphatic heterocycles. The van der Waals surface area contributed by atoms with Crippen LogP contribution in [0.15, 0.2) is 29.2 Å². The van der Waals surface area contributed by atoms with E-state index in [2.05, 4.69) is 43.6 Å². The van der Waals surface area contributed by atoms with Crippen molar-refractivity contribution >= 4 is 11.8 Å². The van der Waals surface area contributed by atoms with Crippen molar-refractivity contribution in [2.75, 3.05) is 12.8 Å². The average Bonchev–Trinajstić information content (AvgIpc) is 3.08. The third-order valence-corrected chi connectivity index (χ3v) is 4.32. The van der Waals surface area contributed by atoms with Gasteiger partial charge in [-0.3, -0.25) is 0 Å². The highest BCUT2D eigenvalue weighted by Gasteiger charge is 2.24. The van der Waals surface area contributed by atoms with Crippen LogP contribution in [-0.2, 0) is 0 Å². The number of thioether (sulfide) groups is 1. The van der Waals surface area contributed by atoms with Gasteiger partial charge in [0.1, 0.15) is 0 Å². The molecule has 1 N–H and O–H groups in total. The Kier molecular flexibility index (Phi) is 4.30. The molecule has 0 radical (unpaired) electrons. The Bertz CT molecular complexity index is 333. The quantitative estimate of drug-likeness (QED) is 0.758. The van der Waals surface area contributed by atoms with Crippen molar-refractivity contribution in [1.29, 1.82) is 0 Å². The lowest BCUT2D eigenvalue weighted by Crippen LogP contribution is -2.28. The van der Waals surface area contributed by atoms with Crippen LogP contribution in [0.4, 0.5) is 0 Å². The maximum atomic E-state index is 3.44. The molecule has 1 fully saturated rings. The van der Waals surface area contributed by atoms with E-state index in [1.165, 1.54) is 35.5 Å². The van der Waals surface area contributed by atoms with Gasteiger partial charge in [-0.2, -0.15) is 0 Å². The third kappa shape index (κ3) is 3.84. The van der Waals surface area contributed by atoms with Gasteiger partial charge in [0.25, 0.3) is 0 Å². The molecule has 0 heterocycles. The molecule has 1 aliphatic carbocycles. The smallest absolute Gasteiger partial charge is 0.0161 e. The maximum Gasteiger partial charge on any atom is 0.0161 e. The molecule has 1 aromatic carbocycles. The van der Waals surface area contributed by atoms with E-state index >= 15 is 0 Å². The van der Waals surface area contributed by atoms with Gasteiger partial charge in [0.15, 0.2) is 0 Å². The van der Waals surface area contributed by atoms with Crippen LogP contribution >= 0.6 is 11.8 Å². The van der Waals surface area contributed by atoms with Crippen molar-refractivity contribution in [3.8, 4) is 0 Å². The minimum atomic E-state index is 0.679. The molecule has 0 bridgehead atoms. The summed E-state index contributed by atoms with van der Waals surface area (Å²) in [6.07, 6.45) is 4.26. The lowest BCUT2D eigenvalue weighted by atomic mass is 10.2. The summed E-state index contributed by atoms with van der Waals surface area (Å²) in [5, 5.41) is 3.44. The molecule has 0 aromatic heterocycles. The molecular formula is C14H21NS. The van der Waals surface area contributed by atoms with E-state index in [0.29, 0.717) is 6.04 Å². The highest BCUT2D eigenvalue weighted by molar-refractivity contribution is 7.99. The maximum absolute atomic E-state index is 3.44. The van der Waals surface area contributed by atoms with Crippen molar-refractivity contribution < 1.29 is 0 Å². The fourth-order valence-corrected chi connectivity index (χ4v) is 3.07. The van der Waals surface area contributed by atoms with Crippen LogP contribution in [0, 0.1) is 12.8 Å². The van der Waals surface area contributed by atoms with E-state index in [0.717, 1.165) is 5.92 Å². The Hall–Kier alpha value is -0.470. The fourth-order valence-electron chi connectivity index (χ4n) is 1.93. The summed E-state index contributed by atoms with van der Waals surface area (Å²) in [5.41, 5.74) is 1.35. The lowest BCUT2D eigenvalue weighted by molar-refractivity contribution is 0.536. The van der Waals surface area contributed by atoms with Gasteiger partial charge in [-0.1, -0.05) is 30.5 Å². The summed E-state index contributed by atoms with van der Waals surface area (Å²) < 4.78 is 0. The summed E-state index contributed by atoms with van der Waals surface area (Å²) in [6, 6.07) is 9.46. The number of rotatable bonds is 6. The summed E-state index contributed by atoms with van der Waals surface area (Å²) >= 11 is 1.97. The van der Waals surface area contributed by atoms with Crippen molar-refractivity contribution in [2.45, 2.75) is 37.1 Å². The molecule has 88 valence electrons. The van der Waals surface area contributed by atoms with Gasteiger partial charge in [-0.05, 0) is 38.4 Å². The second-order valence-electron chi connectivity index (χ2n) is 4.79. The van der Waals surface area contributed by atoms with Crippen molar-refractivity contribution in [3.63, 3.8) is 0 Å². The molecule has 2 heteroatoms. The number of benzene rings is 1. The topological polar surface area (TPSA) is 12.0 Å². The Morgan fingerprint density at radius 2 is 2.25 bits per heavy atom. The molecule has 16 heavy (non-hydrogen) atoms. The predicted octanol–water partition coefficient (Wildman–Crippen LogP) is 3.48. The summed E-state index contributed by atoms with van der Waals surface area (Å²) in [7, 11) is 2.09. The second-order valence-corrected chi connectivity index (χ2v) is 5.89. The molecule has 0 amide bonds. The van der Waals surface area contributed by atoms with E-state index in [1.54, 1.807) is 0 Å². The molecule has 0 saturated heterocycles. The Balaban J connectivity index is 1.80. The predicted molar refractivity (Wildman–Crippen MR) is 72.1 cm³/mol. The minimum Gasteiger partial charge on any atom is -0.316 e. The zero-order chi connectivity index (χ0) is 11.4. The van der Waals surface area contributed by atoms with Crippen LogP contribution in [0.2, 0.25) is 0 Å². The number of hydrogen-bond acceptors (Lipinski definition) is 2. The first-order chi connectivity index (χ1) is 7.78. The van der Waals surface area contributed by atoms with Crippen LogP contribution in [0.5, 0.6) is 0 Å². The van der Waals surface area contributed by atoms with Crippen LogP contribution < -0.4 is 5.32 Å². The largest absolute Gasteiger partial charge is 0.316 e. The van der Waals surface area contributed by atoms with Crippen molar-refractivity contribution in [2.24, 2.45) is 5.92 Å². The highest BCUT2D eigenvalue weighted by Crippen LogP contribution is 2.34. The van der Waals surface area contributed by atoms with Gasteiger partial charge in [0.05, 0.1) is 0 Å². The van der Waals surface area contributed by atoms with Crippen molar-refractivity contribution in [3.05, 3.63) is 29.8 Å². The number of aryl methyl sites for hydroxylation is 1. The first kappa shape index (κ1) is 12.0. The summed E-state index contributed by atoms with van der Waals surface area (Å²) in [4.78, 5) is 1.40. The molecule has 1 atom stereocenters. The molecule has 1 aromatic rings. The normalized spacial score (nSPS) is 17.4. The molecular weight excluding hydrogens is 214 g/mol. The van der Waals surface area contributed by atoms with Gasteiger partial charge in [0, 0.05) is 16.7 Å². The standard InChI is InChI=1S/C14H21NS/c1-11-4-3-5-14(8-11)16-10-13(15-2)9-12-6-7-12/h3-5,8,12-13,15H,6-7,9-10H2,1-2H3. The number of nitrogens with one attached hydrogen (secondary N) is 1. The first-order valence-corrected chi connectivity index (χ1v) is 7.13. The molecule has 1 nitrogen and oxygen atoms in total. The Morgan fingerprint density at radius 3 is 2.88 bits per heavy atom. The van der Waals surface area contributed by atoms with Crippen LogP contribution in [0.3, 0.4) is 0 Å². The van der Waals surface area contributed by atoms with Gasteiger partial charge in [0.2, 0.25) is 0 Å². The van der Waals surface area contributed by atoms with Crippen LogP contribution in [0.25, 0.3) is 0 Å².